The molecule has 1 atom stereocenters. The van der Waals surface area contributed by atoms with Crippen molar-refractivity contribution in [3.63, 3.8) is 0 Å². The molecule has 0 radical (unpaired) electrons. The third-order valence-corrected chi connectivity index (χ3v) is 2.70. The molecule has 0 saturated carbocycles. The first-order chi connectivity index (χ1) is 8.95. The van der Waals surface area contributed by atoms with Crippen LogP contribution < -0.4 is 0 Å². The van der Waals surface area contributed by atoms with Gasteiger partial charge in [0.15, 0.2) is 5.60 Å². The van der Waals surface area contributed by atoms with Crippen LogP contribution in [0.2, 0.25) is 0 Å². The first-order valence-corrected chi connectivity index (χ1v) is 5.48. The summed E-state index contributed by atoms with van der Waals surface area (Å²) in [6.07, 6.45) is 0.994. The summed E-state index contributed by atoms with van der Waals surface area (Å²) in [4.78, 5) is 15.1. The summed E-state index contributed by atoms with van der Waals surface area (Å²) in [5.74, 6) is -1.06. The van der Waals surface area contributed by atoms with E-state index in [-0.39, 0.29) is 17.2 Å². The molecule has 1 N–H and O–H groups in total. The summed E-state index contributed by atoms with van der Waals surface area (Å²) in [6, 6.07) is 5.35. The number of rotatable bonds is 3. The molecule has 2 aromatic rings. The summed E-state index contributed by atoms with van der Waals surface area (Å²) < 4.78 is 22.5. The third-order valence-electron chi connectivity index (χ3n) is 2.70. The van der Waals surface area contributed by atoms with E-state index >= 15 is 0 Å². The van der Waals surface area contributed by atoms with Gasteiger partial charge in [0.05, 0.1) is 19.0 Å². The molecule has 2 rings (SSSR count). The Kier molecular flexibility index (Phi) is 3.35. The van der Waals surface area contributed by atoms with Crippen molar-refractivity contribution in [3.05, 3.63) is 53.5 Å². The number of aromatic nitrogens is 1. The Balaban J connectivity index is 2.36. The number of carbonyl (C=O) groups excluding carboxylic acids is 1. The SMILES string of the molecule is COC(=O)c1ccc(C(C)(O)c2ccc(F)cn2)o1. The smallest absolute Gasteiger partial charge is 0.373 e. The Bertz CT molecular complexity index is 589. The third kappa shape index (κ3) is 2.48. The van der Waals surface area contributed by atoms with Crippen molar-refractivity contribution in [1.82, 2.24) is 4.98 Å². The van der Waals surface area contributed by atoms with E-state index in [1.165, 1.54) is 38.3 Å². The first kappa shape index (κ1) is 13.2. The normalized spacial score (nSPS) is 13.9. The van der Waals surface area contributed by atoms with E-state index in [0.717, 1.165) is 6.20 Å². The topological polar surface area (TPSA) is 72.6 Å². The lowest BCUT2D eigenvalue weighted by Crippen LogP contribution is -2.23. The second kappa shape index (κ2) is 4.81. The van der Waals surface area contributed by atoms with Crippen molar-refractivity contribution < 1.29 is 23.4 Å². The number of nitrogens with zero attached hydrogens (tertiary/aromatic N) is 1. The molecule has 2 heterocycles. The van der Waals surface area contributed by atoms with Crippen LogP contribution >= 0.6 is 0 Å². The predicted molar refractivity (Wildman–Crippen MR) is 62.9 cm³/mol. The zero-order chi connectivity index (χ0) is 14.0. The minimum Gasteiger partial charge on any atom is -0.463 e. The van der Waals surface area contributed by atoms with Crippen molar-refractivity contribution in [2.45, 2.75) is 12.5 Å². The van der Waals surface area contributed by atoms with Gasteiger partial charge in [0.25, 0.3) is 0 Å². The van der Waals surface area contributed by atoms with Crippen LogP contribution in [0, 0.1) is 5.82 Å². The highest BCUT2D eigenvalue weighted by Crippen LogP contribution is 2.29. The van der Waals surface area contributed by atoms with Crippen molar-refractivity contribution in [2.24, 2.45) is 0 Å². The molecule has 0 bridgehead atoms. The second-order valence-corrected chi connectivity index (χ2v) is 4.09. The number of carbonyl (C=O) groups is 1. The van der Waals surface area contributed by atoms with E-state index < -0.39 is 17.4 Å². The number of hydrogen-bond acceptors (Lipinski definition) is 5. The summed E-state index contributed by atoms with van der Waals surface area (Å²) >= 11 is 0. The molecular formula is C13H12FNO4. The van der Waals surface area contributed by atoms with E-state index in [0.29, 0.717) is 0 Å². The Morgan fingerprint density at radius 1 is 1.42 bits per heavy atom. The molecule has 100 valence electrons. The van der Waals surface area contributed by atoms with Gasteiger partial charge in [-0.2, -0.15) is 0 Å². The maximum atomic E-state index is 12.8. The van der Waals surface area contributed by atoms with Crippen LogP contribution in [0.4, 0.5) is 4.39 Å². The average molecular weight is 265 g/mol. The number of methoxy groups -OCH3 is 1. The largest absolute Gasteiger partial charge is 0.463 e. The van der Waals surface area contributed by atoms with Crippen molar-refractivity contribution in [2.75, 3.05) is 7.11 Å². The minimum atomic E-state index is -1.57. The van der Waals surface area contributed by atoms with Crippen LogP contribution in [0.3, 0.4) is 0 Å². The van der Waals surface area contributed by atoms with Crippen molar-refractivity contribution >= 4 is 5.97 Å². The number of furan rings is 1. The second-order valence-electron chi connectivity index (χ2n) is 4.09. The van der Waals surface area contributed by atoms with Gasteiger partial charge in [0, 0.05) is 0 Å². The lowest BCUT2D eigenvalue weighted by atomic mass is 9.99. The van der Waals surface area contributed by atoms with Crippen LogP contribution in [0.5, 0.6) is 0 Å². The highest BCUT2D eigenvalue weighted by atomic mass is 19.1. The van der Waals surface area contributed by atoms with Gasteiger partial charge >= 0.3 is 5.97 Å². The highest BCUT2D eigenvalue weighted by molar-refractivity contribution is 5.86. The number of pyridine rings is 1. The van der Waals surface area contributed by atoms with Crippen molar-refractivity contribution in [3.8, 4) is 0 Å². The van der Waals surface area contributed by atoms with Crippen LogP contribution in [0.15, 0.2) is 34.9 Å². The van der Waals surface area contributed by atoms with E-state index in [9.17, 15) is 14.3 Å². The first-order valence-electron chi connectivity index (χ1n) is 5.48. The van der Waals surface area contributed by atoms with E-state index in [2.05, 4.69) is 9.72 Å². The molecule has 0 saturated heterocycles. The molecular weight excluding hydrogens is 253 g/mol. The predicted octanol–water partition coefficient (Wildman–Crippen LogP) is 1.86. The molecule has 0 aliphatic heterocycles. The fourth-order valence-electron chi connectivity index (χ4n) is 1.60. The van der Waals surface area contributed by atoms with Crippen molar-refractivity contribution in [1.29, 1.82) is 0 Å². The fourth-order valence-corrected chi connectivity index (χ4v) is 1.60. The number of hydrogen-bond donors (Lipinski definition) is 1. The van der Waals surface area contributed by atoms with E-state index in [1.807, 2.05) is 0 Å². The van der Waals surface area contributed by atoms with Gasteiger partial charge in [-0.25, -0.2) is 9.18 Å². The van der Waals surface area contributed by atoms with Gasteiger partial charge < -0.3 is 14.3 Å². The number of halogens is 1. The van der Waals surface area contributed by atoms with Gasteiger partial charge in [-0.1, -0.05) is 0 Å². The Morgan fingerprint density at radius 2 is 2.16 bits per heavy atom. The molecule has 19 heavy (non-hydrogen) atoms. The van der Waals surface area contributed by atoms with Crippen LogP contribution in [-0.4, -0.2) is 23.2 Å². The van der Waals surface area contributed by atoms with Gasteiger partial charge in [-0.05, 0) is 31.2 Å². The Hall–Kier alpha value is -2.21. The van der Waals surface area contributed by atoms with Gasteiger partial charge in [0.2, 0.25) is 5.76 Å². The molecule has 2 aromatic heterocycles. The highest BCUT2D eigenvalue weighted by Gasteiger charge is 2.31. The summed E-state index contributed by atoms with van der Waals surface area (Å²) in [5.41, 5.74) is -1.36. The summed E-state index contributed by atoms with van der Waals surface area (Å²) in [6.45, 7) is 1.44. The number of esters is 1. The number of ether oxygens (including phenoxy) is 1. The maximum Gasteiger partial charge on any atom is 0.373 e. The van der Waals surface area contributed by atoms with Gasteiger partial charge in [-0.3, -0.25) is 4.98 Å². The number of aliphatic hydroxyl groups is 1. The van der Waals surface area contributed by atoms with Gasteiger partial charge in [0.1, 0.15) is 11.6 Å². The lowest BCUT2D eigenvalue weighted by molar-refractivity contribution is 0.0514. The molecule has 5 nitrogen and oxygen atoms in total. The average Bonchev–Trinajstić information content (AvgIpc) is 2.88. The molecule has 0 amide bonds. The molecule has 0 spiro atoms. The zero-order valence-electron chi connectivity index (χ0n) is 10.4. The van der Waals surface area contributed by atoms with E-state index in [1.54, 1.807) is 0 Å². The molecule has 0 aromatic carbocycles. The molecule has 1 unspecified atom stereocenters. The minimum absolute atomic E-state index is 0.0279. The Labute approximate surface area is 108 Å². The zero-order valence-corrected chi connectivity index (χ0v) is 10.4. The van der Waals surface area contributed by atoms with Crippen LogP contribution in [0.25, 0.3) is 0 Å². The quantitative estimate of drug-likeness (QED) is 0.857. The molecule has 0 fully saturated rings. The monoisotopic (exact) mass is 265 g/mol. The standard InChI is InChI=1S/C13H12FNO4/c1-13(17,10-5-3-8(14)7-15-10)11-6-4-9(19-11)12(16)18-2/h3-7,17H,1-2H3. The van der Waals surface area contributed by atoms with Crippen LogP contribution in [0.1, 0.15) is 28.9 Å². The fraction of sp³-hybridized carbons (Fsp3) is 0.231. The van der Waals surface area contributed by atoms with E-state index in [4.69, 9.17) is 4.42 Å². The maximum absolute atomic E-state index is 12.8. The summed E-state index contributed by atoms with van der Waals surface area (Å²) in [5, 5.41) is 10.4. The molecule has 0 aliphatic rings. The Morgan fingerprint density at radius 3 is 2.74 bits per heavy atom. The lowest BCUT2D eigenvalue weighted by Gasteiger charge is -2.19. The van der Waals surface area contributed by atoms with Gasteiger partial charge in [-0.15, -0.1) is 0 Å². The molecule has 6 heteroatoms. The molecule has 0 aliphatic carbocycles. The van der Waals surface area contributed by atoms with Crippen LogP contribution in [-0.2, 0) is 10.3 Å². The summed E-state index contributed by atoms with van der Waals surface area (Å²) in [7, 11) is 1.23.